The molecule has 0 aliphatic carbocycles. The van der Waals surface area contributed by atoms with E-state index in [0.717, 1.165) is 9.80 Å². The molecule has 1 fully saturated rings. The Labute approximate surface area is 188 Å². The smallest absolute Gasteiger partial charge is 0.429 e. The molecular formula is C22H21N3O6S. The Kier molecular flexibility index (Phi) is 5.88. The van der Waals surface area contributed by atoms with Crippen LogP contribution >= 0.6 is 11.8 Å². The highest BCUT2D eigenvalue weighted by atomic mass is 32.2. The standard InChI is InChI=1S/C22H21N3O6S/c1-22(2,31-21(27)30-13-14-3-5-15(6-4-14)25(28)29)19-18-11-17(12-24(18)20(19)26)32-16-7-9-23-10-8-16/h3-10,12,18-19H,11,13H2,1-2H3/t18-,19-/m1/s1. The van der Waals surface area contributed by atoms with Crippen molar-refractivity contribution < 1.29 is 24.0 Å². The van der Waals surface area contributed by atoms with E-state index in [4.69, 9.17) is 9.47 Å². The summed E-state index contributed by atoms with van der Waals surface area (Å²) >= 11 is 1.59. The average molecular weight is 455 g/mol. The van der Waals surface area contributed by atoms with Crippen LogP contribution in [-0.4, -0.2) is 38.5 Å². The number of thioether (sulfide) groups is 1. The monoisotopic (exact) mass is 455 g/mol. The van der Waals surface area contributed by atoms with E-state index < -0.39 is 22.6 Å². The number of β-lactam (4-membered cyclic amide) rings is 1. The van der Waals surface area contributed by atoms with Gasteiger partial charge in [-0.25, -0.2) is 4.79 Å². The maximum Gasteiger partial charge on any atom is 0.509 e. The number of benzene rings is 1. The molecule has 2 aliphatic rings. The third-order valence-electron chi connectivity index (χ3n) is 5.45. The fourth-order valence-electron chi connectivity index (χ4n) is 3.91. The quantitative estimate of drug-likeness (QED) is 0.263. The van der Waals surface area contributed by atoms with Gasteiger partial charge in [-0.05, 0) is 43.7 Å². The maximum absolute atomic E-state index is 12.7. The minimum absolute atomic E-state index is 0.0443. The van der Waals surface area contributed by atoms with Crippen molar-refractivity contribution in [2.75, 3.05) is 0 Å². The molecule has 0 unspecified atom stereocenters. The van der Waals surface area contributed by atoms with Crippen molar-refractivity contribution in [2.24, 2.45) is 5.92 Å². The van der Waals surface area contributed by atoms with Gasteiger partial charge in [0.1, 0.15) is 12.2 Å². The summed E-state index contributed by atoms with van der Waals surface area (Å²) in [6, 6.07) is 9.45. The molecule has 32 heavy (non-hydrogen) atoms. The van der Waals surface area contributed by atoms with E-state index in [1.54, 1.807) is 42.9 Å². The minimum Gasteiger partial charge on any atom is -0.429 e. The summed E-state index contributed by atoms with van der Waals surface area (Å²) in [4.78, 5) is 43.0. The van der Waals surface area contributed by atoms with Crippen molar-refractivity contribution in [1.82, 2.24) is 9.88 Å². The lowest BCUT2D eigenvalue weighted by Crippen LogP contribution is -2.64. The Morgan fingerprint density at radius 2 is 1.94 bits per heavy atom. The van der Waals surface area contributed by atoms with Gasteiger partial charge < -0.3 is 14.4 Å². The molecule has 0 radical (unpaired) electrons. The van der Waals surface area contributed by atoms with Crippen LogP contribution in [0.25, 0.3) is 0 Å². The largest absolute Gasteiger partial charge is 0.509 e. The van der Waals surface area contributed by atoms with Gasteiger partial charge in [0.2, 0.25) is 5.91 Å². The first-order valence-corrected chi connectivity index (χ1v) is 10.8. The number of ether oxygens (including phenoxy) is 2. The number of nitro groups is 1. The summed E-state index contributed by atoms with van der Waals surface area (Å²) in [6.45, 7) is 3.32. The second-order valence-corrected chi connectivity index (χ2v) is 9.24. The fraction of sp³-hybridized carbons (Fsp3) is 0.318. The van der Waals surface area contributed by atoms with Crippen molar-refractivity contribution in [1.29, 1.82) is 0 Å². The molecular weight excluding hydrogens is 434 g/mol. The number of carbonyl (C=O) groups is 2. The first-order valence-electron chi connectivity index (χ1n) is 9.94. The summed E-state index contributed by atoms with van der Waals surface area (Å²) in [5, 5.41) is 10.7. The molecule has 4 rings (SSSR count). The number of fused-ring (bicyclic) bond motifs is 1. The van der Waals surface area contributed by atoms with E-state index in [0.29, 0.717) is 12.0 Å². The molecule has 10 heteroatoms. The molecule has 0 N–H and O–H groups in total. The van der Waals surface area contributed by atoms with Crippen molar-refractivity contribution in [2.45, 2.75) is 43.4 Å². The predicted octanol–water partition coefficient (Wildman–Crippen LogP) is 4.29. The molecule has 2 atom stereocenters. The van der Waals surface area contributed by atoms with Crippen LogP contribution in [0.5, 0.6) is 0 Å². The fourth-order valence-corrected chi connectivity index (χ4v) is 4.89. The Morgan fingerprint density at radius 1 is 1.25 bits per heavy atom. The van der Waals surface area contributed by atoms with E-state index in [9.17, 15) is 19.7 Å². The highest BCUT2D eigenvalue weighted by molar-refractivity contribution is 8.03. The van der Waals surface area contributed by atoms with E-state index >= 15 is 0 Å². The van der Waals surface area contributed by atoms with Crippen LogP contribution in [0, 0.1) is 16.0 Å². The number of rotatable bonds is 7. The van der Waals surface area contributed by atoms with Crippen LogP contribution in [0.2, 0.25) is 0 Å². The number of pyridine rings is 1. The second kappa shape index (κ2) is 8.62. The van der Waals surface area contributed by atoms with E-state index in [1.165, 1.54) is 24.3 Å². The first kappa shape index (κ1) is 21.8. The molecule has 9 nitrogen and oxygen atoms in total. The van der Waals surface area contributed by atoms with E-state index in [-0.39, 0.29) is 24.2 Å². The Bertz CT molecular complexity index is 1070. The highest BCUT2D eigenvalue weighted by Gasteiger charge is 2.58. The number of hydrogen-bond acceptors (Lipinski definition) is 8. The summed E-state index contributed by atoms with van der Waals surface area (Å²) in [5.74, 6) is -0.560. The Morgan fingerprint density at radius 3 is 2.59 bits per heavy atom. The minimum atomic E-state index is -1.05. The SMILES string of the molecule is CC(C)(OC(=O)OCc1ccc([N+](=O)[O-])cc1)[C@H]1C(=O)N2C=C(Sc3ccncc3)C[C@H]12. The topological polar surface area (TPSA) is 112 Å². The Hall–Kier alpha value is -3.40. The number of hydrogen-bond donors (Lipinski definition) is 0. The van der Waals surface area contributed by atoms with Gasteiger partial charge in [0.25, 0.3) is 5.69 Å². The molecule has 0 spiro atoms. The van der Waals surface area contributed by atoms with Crippen molar-refractivity contribution >= 4 is 29.5 Å². The third-order valence-corrected chi connectivity index (χ3v) is 6.50. The molecule has 1 aromatic heterocycles. The van der Waals surface area contributed by atoms with Gasteiger partial charge >= 0.3 is 6.16 Å². The van der Waals surface area contributed by atoms with Crippen LogP contribution in [0.4, 0.5) is 10.5 Å². The molecule has 166 valence electrons. The lowest BCUT2D eigenvalue weighted by Gasteiger charge is -2.48. The van der Waals surface area contributed by atoms with E-state index in [2.05, 4.69) is 4.98 Å². The van der Waals surface area contributed by atoms with Crippen molar-refractivity contribution in [3.8, 4) is 0 Å². The van der Waals surface area contributed by atoms with Crippen LogP contribution < -0.4 is 0 Å². The highest BCUT2D eigenvalue weighted by Crippen LogP contribution is 2.47. The van der Waals surface area contributed by atoms with Crippen molar-refractivity contribution in [3.63, 3.8) is 0 Å². The number of nitrogens with zero attached hydrogens (tertiary/aromatic N) is 3. The van der Waals surface area contributed by atoms with Crippen LogP contribution in [0.3, 0.4) is 0 Å². The zero-order valence-electron chi connectivity index (χ0n) is 17.5. The number of amides is 1. The maximum atomic E-state index is 12.7. The molecule has 2 aromatic rings. The summed E-state index contributed by atoms with van der Waals surface area (Å²) in [6.07, 6.45) is 5.10. The van der Waals surface area contributed by atoms with E-state index in [1.807, 2.05) is 18.3 Å². The first-order chi connectivity index (χ1) is 15.2. The van der Waals surface area contributed by atoms with Gasteiger partial charge in [-0.3, -0.25) is 19.9 Å². The summed E-state index contributed by atoms with van der Waals surface area (Å²) in [7, 11) is 0. The van der Waals surface area contributed by atoms with Gasteiger partial charge in [-0.15, -0.1) is 0 Å². The lowest BCUT2D eigenvalue weighted by molar-refractivity contribution is -0.384. The predicted molar refractivity (Wildman–Crippen MR) is 115 cm³/mol. The van der Waals surface area contributed by atoms with Crippen LogP contribution in [0.15, 0.2) is 64.8 Å². The van der Waals surface area contributed by atoms with Gasteiger partial charge in [0.15, 0.2) is 0 Å². The molecule has 1 saturated heterocycles. The van der Waals surface area contributed by atoms with Gasteiger partial charge in [0, 0.05) is 46.9 Å². The molecule has 3 heterocycles. The van der Waals surface area contributed by atoms with Crippen LogP contribution in [-0.2, 0) is 20.9 Å². The molecule has 0 bridgehead atoms. The number of aromatic nitrogens is 1. The normalized spacial score (nSPS) is 19.6. The second-order valence-electron chi connectivity index (χ2n) is 8.04. The molecule has 1 amide bonds. The summed E-state index contributed by atoms with van der Waals surface area (Å²) in [5.41, 5.74) is -0.499. The molecule has 0 saturated carbocycles. The number of carbonyl (C=O) groups excluding carboxylic acids is 2. The third kappa shape index (κ3) is 4.45. The van der Waals surface area contributed by atoms with Crippen LogP contribution in [0.1, 0.15) is 25.8 Å². The molecule has 1 aromatic carbocycles. The van der Waals surface area contributed by atoms with Gasteiger partial charge in [-0.2, -0.15) is 0 Å². The molecule has 2 aliphatic heterocycles. The van der Waals surface area contributed by atoms with Crippen molar-refractivity contribution in [3.05, 3.63) is 75.6 Å². The zero-order valence-corrected chi connectivity index (χ0v) is 18.3. The average Bonchev–Trinajstić information content (AvgIpc) is 3.10. The van der Waals surface area contributed by atoms with Gasteiger partial charge in [-0.1, -0.05) is 11.8 Å². The number of nitro benzene ring substituents is 1. The zero-order chi connectivity index (χ0) is 22.9. The Balaban J connectivity index is 1.31. The van der Waals surface area contributed by atoms with Gasteiger partial charge in [0.05, 0.1) is 16.9 Å². The summed E-state index contributed by atoms with van der Waals surface area (Å²) < 4.78 is 10.7. The lowest BCUT2D eigenvalue weighted by atomic mass is 9.76. The number of non-ortho nitro benzene ring substituents is 1.